The summed E-state index contributed by atoms with van der Waals surface area (Å²) in [6.45, 7) is 3.61. The Bertz CT molecular complexity index is 374. The fourth-order valence-corrected chi connectivity index (χ4v) is 1.47. The Balaban J connectivity index is 2.98. The average molecular weight is 259 g/mol. The van der Waals surface area contributed by atoms with Crippen molar-refractivity contribution in [1.29, 1.82) is 5.26 Å². The standard InChI is InChI=1S/C10H9BrFNO/c1-2-3-14-10-5-7(11)4-9(12)8(10)6-13/h2,4-5,8,10H,1,3H2/i8D. The number of nitrogens with zero attached hydrogens (tertiary/aromatic N) is 1. The maximum atomic E-state index is 13.4. The van der Waals surface area contributed by atoms with Crippen LogP contribution in [0.4, 0.5) is 4.39 Å². The molecule has 1 aliphatic carbocycles. The molecule has 0 N–H and O–H groups in total. The van der Waals surface area contributed by atoms with Crippen LogP contribution in [0.5, 0.6) is 0 Å². The van der Waals surface area contributed by atoms with Crippen molar-refractivity contribution in [3.8, 4) is 6.07 Å². The summed E-state index contributed by atoms with van der Waals surface area (Å²) in [5.74, 6) is -2.83. The number of rotatable bonds is 3. The highest BCUT2D eigenvalue weighted by Gasteiger charge is 2.27. The first-order chi connectivity index (χ1) is 7.04. The zero-order chi connectivity index (χ0) is 11.5. The Labute approximate surface area is 91.9 Å². The lowest BCUT2D eigenvalue weighted by Gasteiger charge is -2.21. The first-order valence-electron chi connectivity index (χ1n) is 4.43. The van der Waals surface area contributed by atoms with E-state index in [1.54, 1.807) is 6.07 Å². The molecule has 0 saturated carbocycles. The molecule has 0 aromatic rings. The van der Waals surface area contributed by atoms with Crippen LogP contribution < -0.4 is 0 Å². The van der Waals surface area contributed by atoms with E-state index in [2.05, 4.69) is 22.5 Å². The number of ether oxygens (including phenoxy) is 1. The topological polar surface area (TPSA) is 33.0 Å². The van der Waals surface area contributed by atoms with Crippen LogP contribution in [0.3, 0.4) is 0 Å². The van der Waals surface area contributed by atoms with Gasteiger partial charge >= 0.3 is 0 Å². The smallest absolute Gasteiger partial charge is 0.128 e. The highest BCUT2D eigenvalue weighted by molar-refractivity contribution is 9.11. The van der Waals surface area contributed by atoms with Gasteiger partial charge in [0.1, 0.15) is 11.7 Å². The van der Waals surface area contributed by atoms with Gasteiger partial charge in [-0.3, -0.25) is 0 Å². The predicted molar refractivity (Wildman–Crippen MR) is 55.2 cm³/mol. The van der Waals surface area contributed by atoms with E-state index in [0.29, 0.717) is 4.48 Å². The second-order valence-electron chi connectivity index (χ2n) is 2.61. The van der Waals surface area contributed by atoms with Gasteiger partial charge in [0, 0.05) is 4.48 Å². The van der Waals surface area contributed by atoms with E-state index in [1.165, 1.54) is 12.2 Å². The molecule has 1 aliphatic rings. The maximum absolute atomic E-state index is 13.4. The third kappa shape index (κ3) is 2.53. The van der Waals surface area contributed by atoms with Crippen molar-refractivity contribution >= 4 is 15.9 Å². The molecule has 4 heteroatoms. The molecule has 0 saturated heterocycles. The van der Waals surface area contributed by atoms with Gasteiger partial charge in [-0.1, -0.05) is 22.0 Å². The number of allylic oxidation sites excluding steroid dienone is 2. The molecule has 0 bridgehead atoms. The quantitative estimate of drug-likeness (QED) is 0.730. The fourth-order valence-electron chi connectivity index (χ4n) is 1.03. The second kappa shape index (κ2) is 5.08. The van der Waals surface area contributed by atoms with E-state index < -0.39 is 17.8 Å². The van der Waals surface area contributed by atoms with Gasteiger partial charge in [0.05, 0.1) is 20.2 Å². The molecule has 0 spiro atoms. The van der Waals surface area contributed by atoms with E-state index in [4.69, 9.17) is 11.4 Å². The van der Waals surface area contributed by atoms with Crippen molar-refractivity contribution < 1.29 is 10.5 Å². The maximum Gasteiger partial charge on any atom is 0.128 e. The van der Waals surface area contributed by atoms with Crippen molar-refractivity contribution in [3.05, 3.63) is 35.1 Å². The minimum Gasteiger partial charge on any atom is -0.368 e. The van der Waals surface area contributed by atoms with Crippen LogP contribution in [0.15, 0.2) is 35.1 Å². The van der Waals surface area contributed by atoms with Crippen LogP contribution >= 0.6 is 15.9 Å². The molecule has 0 heterocycles. The summed E-state index contributed by atoms with van der Waals surface area (Å²) < 4.78 is 26.7. The normalized spacial score (nSPS) is 32.4. The highest BCUT2D eigenvalue weighted by Crippen LogP contribution is 2.29. The summed E-state index contributed by atoms with van der Waals surface area (Å²) in [7, 11) is 0. The van der Waals surface area contributed by atoms with E-state index in [0.717, 1.165) is 6.08 Å². The van der Waals surface area contributed by atoms with Crippen molar-refractivity contribution in [2.75, 3.05) is 6.61 Å². The highest BCUT2D eigenvalue weighted by atomic mass is 79.9. The van der Waals surface area contributed by atoms with Crippen molar-refractivity contribution in [2.24, 2.45) is 5.89 Å². The summed E-state index contributed by atoms with van der Waals surface area (Å²) >= 11 is 3.09. The van der Waals surface area contributed by atoms with Gasteiger partial charge in [0.15, 0.2) is 0 Å². The van der Waals surface area contributed by atoms with Gasteiger partial charge in [-0.05, 0) is 12.2 Å². The minimum absolute atomic E-state index is 0.164. The van der Waals surface area contributed by atoms with E-state index >= 15 is 0 Å². The molecule has 14 heavy (non-hydrogen) atoms. The zero-order valence-electron chi connectivity index (χ0n) is 8.34. The molecule has 0 aromatic carbocycles. The Morgan fingerprint density at radius 3 is 3.21 bits per heavy atom. The van der Waals surface area contributed by atoms with Crippen molar-refractivity contribution in [2.45, 2.75) is 6.10 Å². The largest absolute Gasteiger partial charge is 0.368 e. The molecule has 2 atom stereocenters. The molecule has 0 fully saturated rings. The Hall–Kier alpha value is -0.920. The molecule has 0 aliphatic heterocycles. The number of halogens is 2. The number of nitriles is 1. The van der Waals surface area contributed by atoms with Crippen LogP contribution in [0.1, 0.15) is 1.37 Å². The Morgan fingerprint density at radius 2 is 2.64 bits per heavy atom. The number of hydrogen-bond donors (Lipinski definition) is 0. The molecule has 74 valence electrons. The third-order valence-corrected chi connectivity index (χ3v) is 2.12. The van der Waals surface area contributed by atoms with Gasteiger partial charge in [0.25, 0.3) is 0 Å². The van der Waals surface area contributed by atoms with Crippen LogP contribution in [0.2, 0.25) is 0 Å². The lowest BCUT2D eigenvalue weighted by molar-refractivity contribution is 0.0832. The van der Waals surface area contributed by atoms with Gasteiger partial charge in [-0.15, -0.1) is 6.58 Å². The van der Waals surface area contributed by atoms with E-state index in [9.17, 15) is 4.39 Å². The third-order valence-electron chi connectivity index (χ3n) is 1.63. The minimum atomic E-state index is -2.00. The molecule has 1 rings (SSSR count). The van der Waals surface area contributed by atoms with Gasteiger partial charge < -0.3 is 4.74 Å². The molecule has 2 unspecified atom stereocenters. The Morgan fingerprint density at radius 1 is 1.93 bits per heavy atom. The number of hydrogen-bond acceptors (Lipinski definition) is 2. The van der Waals surface area contributed by atoms with E-state index in [1.807, 2.05) is 0 Å². The van der Waals surface area contributed by atoms with Gasteiger partial charge in [-0.2, -0.15) is 5.26 Å². The van der Waals surface area contributed by atoms with E-state index in [-0.39, 0.29) is 6.61 Å². The molecule has 0 amide bonds. The molecule has 0 radical (unpaired) electrons. The van der Waals surface area contributed by atoms with Crippen molar-refractivity contribution in [1.82, 2.24) is 0 Å². The van der Waals surface area contributed by atoms with Crippen molar-refractivity contribution in [3.63, 3.8) is 0 Å². The zero-order valence-corrected chi connectivity index (χ0v) is 8.92. The van der Waals surface area contributed by atoms with Crippen LogP contribution in [-0.4, -0.2) is 12.7 Å². The molecule has 0 aromatic heterocycles. The molecule has 2 nitrogen and oxygen atoms in total. The summed E-state index contributed by atoms with van der Waals surface area (Å²) in [6.07, 6.45) is 3.14. The summed E-state index contributed by atoms with van der Waals surface area (Å²) in [6, 6.07) is 1.61. The molecular formula is C10H9BrFNO. The van der Waals surface area contributed by atoms with Gasteiger partial charge in [0.2, 0.25) is 0 Å². The Kier molecular flexibility index (Phi) is 3.50. The monoisotopic (exact) mass is 258 g/mol. The van der Waals surface area contributed by atoms with Crippen LogP contribution in [0.25, 0.3) is 0 Å². The predicted octanol–water partition coefficient (Wildman–Crippen LogP) is 2.84. The van der Waals surface area contributed by atoms with Crippen LogP contribution in [-0.2, 0) is 4.74 Å². The summed E-state index contributed by atoms with van der Waals surface area (Å²) in [4.78, 5) is 0. The fraction of sp³-hybridized carbons (Fsp3) is 0.300. The lowest BCUT2D eigenvalue weighted by Crippen LogP contribution is -2.24. The second-order valence-corrected chi connectivity index (χ2v) is 3.53. The van der Waals surface area contributed by atoms with Gasteiger partial charge in [-0.25, -0.2) is 4.39 Å². The summed E-state index contributed by atoms with van der Waals surface area (Å²) in [5.41, 5.74) is 0. The average Bonchev–Trinajstić information content (AvgIpc) is 2.21. The summed E-state index contributed by atoms with van der Waals surface area (Å²) in [5, 5.41) is 8.81. The first kappa shape index (κ1) is 9.63. The van der Waals surface area contributed by atoms with Crippen LogP contribution in [0, 0.1) is 17.2 Å². The lowest BCUT2D eigenvalue weighted by atomic mass is 9.98. The first-order valence-corrected chi connectivity index (χ1v) is 4.72. The molecular weight excluding hydrogens is 249 g/mol. The SMILES string of the molecule is [2H]C1(C#N)C(F)=CC(Br)=CC1OCC=C.